The number of benzene rings is 2. The number of nitrogens with zero attached hydrogens (tertiary/aromatic N) is 1. The van der Waals surface area contributed by atoms with Crippen molar-refractivity contribution in [3.63, 3.8) is 0 Å². The number of rotatable bonds is 20. The van der Waals surface area contributed by atoms with Gasteiger partial charge in [0.15, 0.2) is 5.96 Å². The van der Waals surface area contributed by atoms with E-state index < -0.39 is 47.8 Å². The minimum atomic E-state index is -1.12. The molecule has 4 amide bonds. The molecule has 14 heteroatoms. The SMILES string of the molecule is Cc1cc(O)cc(C)c1C[C@H](NC(=O)[C@H](N)CCCN=C(N)N)C(=O)N[C@@H](CCCCCN)C(=O)N[C@@H](Cc1ccccc1)C(N)=O. The van der Waals surface area contributed by atoms with Gasteiger partial charge in [-0.25, -0.2) is 0 Å². The minimum Gasteiger partial charge on any atom is -0.508 e. The van der Waals surface area contributed by atoms with E-state index in [9.17, 15) is 24.3 Å². The van der Waals surface area contributed by atoms with Gasteiger partial charge in [-0.2, -0.15) is 0 Å². The summed E-state index contributed by atoms with van der Waals surface area (Å²) in [6, 6.07) is 8.13. The van der Waals surface area contributed by atoms with E-state index in [4.69, 9.17) is 28.7 Å². The highest BCUT2D eigenvalue weighted by atomic mass is 16.3. The Hall–Kier alpha value is -4.69. The van der Waals surface area contributed by atoms with E-state index >= 15 is 0 Å². The molecule has 4 atom stereocenters. The van der Waals surface area contributed by atoms with Crippen LogP contribution in [0, 0.1) is 13.8 Å². The molecule has 0 aromatic heterocycles. The fourth-order valence-electron chi connectivity index (χ4n) is 5.19. The van der Waals surface area contributed by atoms with Gasteiger partial charge in [0.25, 0.3) is 0 Å². The van der Waals surface area contributed by atoms with E-state index in [0.717, 1.165) is 35.1 Å². The number of unbranched alkanes of at least 4 members (excludes halogenated alkanes) is 2. The Labute approximate surface area is 276 Å². The zero-order chi connectivity index (χ0) is 34.9. The second kappa shape index (κ2) is 19.7. The number of aromatic hydroxyl groups is 1. The zero-order valence-corrected chi connectivity index (χ0v) is 27.3. The van der Waals surface area contributed by atoms with E-state index in [1.165, 1.54) is 0 Å². The number of aryl methyl sites for hydroxylation is 2. The highest BCUT2D eigenvalue weighted by molar-refractivity contribution is 5.94. The lowest BCUT2D eigenvalue weighted by Gasteiger charge is -2.26. The Kier molecular flexibility index (Phi) is 16.2. The van der Waals surface area contributed by atoms with Gasteiger partial charge in [0, 0.05) is 19.4 Å². The molecule has 0 saturated heterocycles. The van der Waals surface area contributed by atoms with E-state index in [1.807, 2.05) is 30.3 Å². The molecule has 258 valence electrons. The molecule has 0 aliphatic carbocycles. The van der Waals surface area contributed by atoms with Crippen molar-refractivity contribution in [1.82, 2.24) is 16.0 Å². The molecule has 0 aliphatic rings. The molecule has 14 nitrogen and oxygen atoms in total. The zero-order valence-electron chi connectivity index (χ0n) is 27.3. The first-order chi connectivity index (χ1) is 22.3. The van der Waals surface area contributed by atoms with Gasteiger partial charge in [-0.05, 0) is 80.5 Å². The van der Waals surface area contributed by atoms with Crippen molar-refractivity contribution in [2.24, 2.45) is 33.7 Å². The molecule has 14 N–H and O–H groups in total. The average molecular weight is 654 g/mol. The second-order valence-electron chi connectivity index (χ2n) is 11.7. The standard InChI is InChI=1S/C33H51N9O5/c1-20-16-23(43)17-21(2)24(20)19-28(42-30(45)25(35)12-9-15-39-33(37)38)32(47)40-26(13-7-4-8-14-34)31(46)41-27(29(36)44)18-22-10-5-3-6-11-22/h3,5-6,10-11,16-17,25-28,43H,4,7-9,12-15,18-19,34-35H2,1-2H3,(H2,36,44)(H,40,47)(H,41,46)(H,42,45)(H4,37,38,39)/t25-,26+,27+,28+/m1/s1. The van der Waals surface area contributed by atoms with E-state index in [1.54, 1.807) is 26.0 Å². The van der Waals surface area contributed by atoms with Crippen LogP contribution >= 0.6 is 0 Å². The van der Waals surface area contributed by atoms with Crippen LogP contribution in [0.3, 0.4) is 0 Å². The van der Waals surface area contributed by atoms with Crippen LogP contribution in [0.15, 0.2) is 47.5 Å². The summed E-state index contributed by atoms with van der Waals surface area (Å²) in [5.74, 6) is -2.47. The van der Waals surface area contributed by atoms with Crippen molar-refractivity contribution < 1.29 is 24.3 Å². The van der Waals surface area contributed by atoms with Crippen LogP contribution in [-0.4, -0.2) is 72.0 Å². The Bertz CT molecular complexity index is 1340. The Morgan fingerprint density at radius 3 is 1.96 bits per heavy atom. The third kappa shape index (κ3) is 13.7. The van der Waals surface area contributed by atoms with E-state index in [2.05, 4.69) is 20.9 Å². The number of aliphatic imine (C=N–C) groups is 1. The van der Waals surface area contributed by atoms with Crippen molar-refractivity contribution in [2.45, 2.75) is 89.4 Å². The average Bonchev–Trinajstić information content (AvgIpc) is 3.01. The van der Waals surface area contributed by atoms with Gasteiger partial charge in [-0.15, -0.1) is 0 Å². The topological polar surface area (TPSA) is 267 Å². The lowest BCUT2D eigenvalue weighted by molar-refractivity contribution is -0.133. The van der Waals surface area contributed by atoms with Gasteiger partial charge in [-0.1, -0.05) is 43.2 Å². The van der Waals surface area contributed by atoms with Gasteiger partial charge in [0.05, 0.1) is 6.04 Å². The van der Waals surface area contributed by atoms with Crippen molar-refractivity contribution in [3.8, 4) is 5.75 Å². The van der Waals surface area contributed by atoms with Crippen molar-refractivity contribution in [2.75, 3.05) is 13.1 Å². The molecule has 0 spiro atoms. The van der Waals surface area contributed by atoms with Crippen LogP contribution in [0.5, 0.6) is 5.75 Å². The fraction of sp³-hybridized carbons (Fsp3) is 0.485. The monoisotopic (exact) mass is 653 g/mol. The smallest absolute Gasteiger partial charge is 0.243 e. The first-order valence-electron chi connectivity index (χ1n) is 15.9. The molecule has 2 rings (SSSR count). The third-order valence-corrected chi connectivity index (χ3v) is 7.80. The van der Waals surface area contributed by atoms with Crippen LogP contribution in [-0.2, 0) is 32.0 Å². The maximum absolute atomic E-state index is 13.9. The first kappa shape index (κ1) is 38.5. The molecule has 47 heavy (non-hydrogen) atoms. The van der Waals surface area contributed by atoms with Crippen LogP contribution in [0.1, 0.15) is 60.8 Å². The van der Waals surface area contributed by atoms with Gasteiger partial charge < -0.3 is 49.7 Å². The van der Waals surface area contributed by atoms with Gasteiger partial charge >= 0.3 is 0 Å². The summed E-state index contributed by atoms with van der Waals surface area (Å²) in [4.78, 5) is 56.8. The summed E-state index contributed by atoms with van der Waals surface area (Å²) >= 11 is 0. The molecule has 0 unspecified atom stereocenters. The lowest BCUT2D eigenvalue weighted by atomic mass is 9.95. The molecule has 0 radical (unpaired) electrons. The van der Waals surface area contributed by atoms with Crippen molar-refractivity contribution >= 4 is 29.6 Å². The normalized spacial score (nSPS) is 13.4. The van der Waals surface area contributed by atoms with Gasteiger partial charge in [0.2, 0.25) is 23.6 Å². The minimum absolute atomic E-state index is 0.0651. The summed E-state index contributed by atoms with van der Waals surface area (Å²) < 4.78 is 0. The molecule has 0 heterocycles. The Morgan fingerprint density at radius 2 is 1.36 bits per heavy atom. The Morgan fingerprint density at radius 1 is 0.766 bits per heavy atom. The maximum atomic E-state index is 13.9. The molecule has 0 aliphatic heterocycles. The van der Waals surface area contributed by atoms with E-state index in [0.29, 0.717) is 19.4 Å². The molecular formula is C33H51N9O5. The molecule has 2 aromatic rings. The van der Waals surface area contributed by atoms with Crippen molar-refractivity contribution in [1.29, 1.82) is 0 Å². The molecule has 0 fully saturated rings. The molecule has 0 bridgehead atoms. The summed E-state index contributed by atoms with van der Waals surface area (Å²) in [5, 5.41) is 18.3. The predicted octanol–water partition coefficient (Wildman–Crippen LogP) is -0.366. The number of nitrogens with two attached hydrogens (primary N) is 5. The number of hydrogen-bond donors (Lipinski definition) is 9. The predicted molar refractivity (Wildman–Crippen MR) is 182 cm³/mol. The number of amides is 4. The van der Waals surface area contributed by atoms with Crippen LogP contribution in [0.25, 0.3) is 0 Å². The quantitative estimate of drug-likeness (QED) is 0.0512. The maximum Gasteiger partial charge on any atom is 0.243 e. The second-order valence-corrected chi connectivity index (χ2v) is 11.7. The Balaban J connectivity index is 2.31. The number of phenols is 1. The number of hydrogen-bond acceptors (Lipinski definition) is 8. The summed E-state index contributed by atoms with van der Waals surface area (Å²) in [6.45, 7) is 4.35. The number of carbonyl (C=O) groups excluding carboxylic acids is 4. The fourth-order valence-corrected chi connectivity index (χ4v) is 5.19. The number of nitrogens with one attached hydrogen (secondary N) is 3. The van der Waals surface area contributed by atoms with Crippen LogP contribution < -0.4 is 44.6 Å². The lowest BCUT2D eigenvalue weighted by Crippen LogP contribution is -2.58. The highest BCUT2D eigenvalue weighted by Gasteiger charge is 2.30. The molecule has 2 aromatic carbocycles. The van der Waals surface area contributed by atoms with Gasteiger partial charge in [-0.3, -0.25) is 24.2 Å². The van der Waals surface area contributed by atoms with Crippen LogP contribution in [0.2, 0.25) is 0 Å². The number of carbonyl (C=O) groups is 4. The summed E-state index contributed by atoms with van der Waals surface area (Å²) in [5.41, 5.74) is 31.1. The van der Waals surface area contributed by atoms with Crippen LogP contribution in [0.4, 0.5) is 0 Å². The van der Waals surface area contributed by atoms with Crippen molar-refractivity contribution in [3.05, 3.63) is 64.7 Å². The molecular weight excluding hydrogens is 602 g/mol. The van der Waals surface area contributed by atoms with Gasteiger partial charge in [0.1, 0.15) is 23.9 Å². The van der Waals surface area contributed by atoms with E-state index in [-0.39, 0.29) is 43.9 Å². The number of primary amides is 1. The number of phenolic OH excluding ortho intramolecular Hbond substituents is 1. The first-order valence-corrected chi connectivity index (χ1v) is 15.9. The third-order valence-electron chi connectivity index (χ3n) is 7.80. The largest absolute Gasteiger partial charge is 0.508 e. The molecule has 0 saturated carbocycles. The summed E-state index contributed by atoms with van der Waals surface area (Å²) in [7, 11) is 0. The number of guanidine groups is 1. The highest BCUT2D eigenvalue weighted by Crippen LogP contribution is 2.22. The summed E-state index contributed by atoms with van der Waals surface area (Å²) in [6.07, 6.45) is 3.23.